The Morgan fingerprint density at radius 3 is 2.47 bits per heavy atom. The highest BCUT2D eigenvalue weighted by atomic mass is 32.2. The predicted molar refractivity (Wildman–Crippen MR) is 129 cm³/mol. The number of carbonyl (C=O) groups is 2. The summed E-state index contributed by atoms with van der Waals surface area (Å²) in [4.78, 5) is 24.8. The average Bonchev–Trinajstić information content (AvgIpc) is 3.55. The Morgan fingerprint density at radius 2 is 1.71 bits per heavy atom. The number of sulfonamides is 1. The summed E-state index contributed by atoms with van der Waals surface area (Å²) in [5.74, 6) is -1.04. The molecular formula is C23H21N5O4S2. The van der Waals surface area contributed by atoms with Gasteiger partial charge in [-0.2, -0.15) is 5.10 Å². The number of rotatable bonds is 8. The molecule has 0 spiro atoms. The molecule has 174 valence electrons. The largest absolute Gasteiger partial charge is 0.278 e. The highest BCUT2D eigenvalue weighted by Crippen LogP contribution is 2.22. The molecule has 2 aromatic carbocycles. The maximum absolute atomic E-state index is 12.6. The fourth-order valence-electron chi connectivity index (χ4n) is 3.11. The van der Waals surface area contributed by atoms with Gasteiger partial charge in [-0.3, -0.25) is 25.2 Å². The van der Waals surface area contributed by atoms with Gasteiger partial charge in [0.1, 0.15) is 4.21 Å². The minimum Gasteiger partial charge on any atom is -0.278 e. The first-order valence-electron chi connectivity index (χ1n) is 10.3. The van der Waals surface area contributed by atoms with Crippen molar-refractivity contribution in [3.8, 4) is 5.69 Å². The van der Waals surface area contributed by atoms with Gasteiger partial charge in [0.2, 0.25) is 5.91 Å². The number of aryl methyl sites for hydroxylation is 1. The summed E-state index contributed by atoms with van der Waals surface area (Å²) >= 11 is 1.07. The highest BCUT2D eigenvalue weighted by molar-refractivity contribution is 7.94. The lowest BCUT2D eigenvalue weighted by Gasteiger charge is -2.12. The van der Waals surface area contributed by atoms with E-state index in [4.69, 9.17) is 0 Å². The van der Waals surface area contributed by atoms with Crippen molar-refractivity contribution in [3.63, 3.8) is 0 Å². The van der Waals surface area contributed by atoms with E-state index in [0.717, 1.165) is 22.6 Å². The molecular weight excluding hydrogens is 474 g/mol. The van der Waals surface area contributed by atoms with Crippen LogP contribution < -0.4 is 15.6 Å². The summed E-state index contributed by atoms with van der Waals surface area (Å²) in [6.07, 6.45) is 4.10. The van der Waals surface area contributed by atoms with E-state index in [2.05, 4.69) is 20.7 Å². The third kappa shape index (κ3) is 5.69. The van der Waals surface area contributed by atoms with Crippen LogP contribution in [0.5, 0.6) is 0 Å². The SMILES string of the molecule is O=C(CCc1cnn(-c2ccccc2)c1)NNC(=O)c1ccccc1NS(=O)(=O)c1cccs1. The van der Waals surface area contributed by atoms with Crippen molar-refractivity contribution in [3.05, 3.63) is 95.6 Å². The van der Waals surface area contributed by atoms with Crippen molar-refractivity contribution in [2.75, 3.05) is 4.72 Å². The van der Waals surface area contributed by atoms with E-state index in [-0.39, 0.29) is 21.9 Å². The van der Waals surface area contributed by atoms with Crippen LogP contribution >= 0.6 is 11.3 Å². The molecule has 0 bridgehead atoms. The summed E-state index contributed by atoms with van der Waals surface area (Å²) in [5.41, 5.74) is 6.67. The van der Waals surface area contributed by atoms with Crippen LogP contribution in [0.15, 0.2) is 88.7 Å². The quantitative estimate of drug-likeness (QED) is 0.324. The van der Waals surface area contributed by atoms with Crippen molar-refractivity contribution in [1.29, 1.82) is 0 Å². The Labute approximate surface area is 200 Å². The first kappa shape index (κ1) is 23.2. The van der Waals surface area contributed by atoms with Crippen molar-refractivity contribution >= 4 is 38.9 Å². The Balaban J connectivity index is 1.32. The fraction of sp³-hybridized carbons (Fsp3) is 0.0870. The lowest BCUT2D eigenvalue weighted by molar-refractivity contribution is -0.121. The van der Waals surface area contributed by atoms with Gasteiger partial charge in [-0.05, 0) is 47.7 Å². The van der Waals surface area contributed by atoms with E-state index in [1.165, 1.54) is 18.2 Å². The van der Waals surface area contributed by atoms with Gasteiger partial charge in [0.05, 0.1) is 23.1 Å². The first-order chi connectivity index (χ1) is 16.4. The number of para-hydroxylation sites is 2. The van der Waals surface area contributed by atoms with Gasteiger partial charge in [0.15, 0.2) is 0 Å². The van der Waals surface area contributed by atoms with E-state index < -0.39 is 21.8 Å². The van der Waals surface area contributed by atoms with Crippen molar-refractivity contribution in [2.45, 2.75) is 17.1 Å². The van der Waals surface area contributed by atoms with Gasteiger partial charge >= 0.3 is 0 Å². The predicted octanol–water partition coefficient (Wildman–Crippen LogP) is 3.13. The molecule has 0 aliphatic rings. The number of anilines is 1. The van der Waals surface area contributed by atoms with Crippen LogP contribution in [0.1, 0.15) is 22.3 Å². The third-order valence-electron chi connectivity index (χ3n) is 4.79. The van der Waals surface area contributed by atoms with Crippen molar-refractivity contribution in [2.24, 2.45) is 0 Å². The van der Waals surface area contributed by atoms with Crippen LogP contribution in [-0.2, 0) is 21.2 Å². The molecule has 0 saturated heterocycles. The number of nitrogens with one attached hydrogen (secondary N) is 3. The topological polar surface area (TPSA) is 122 Å². The number of thiophene rings is 1. The fourth-order valence-corrected chi connectivity index (χ4v) is 5.18. The average molecular weight is 496 g/mol. The molecule has 0 atom stereocenters. The second-order valence-electron chi connectivity index (χ2n) is 7.21. The first-order valence-corrected chi connectivity index (χ1v) is 12.6. The number of hydrazine groups is 1. The number of benzene rings is 2. The molecule has 0 radical (unpaired) electrons. The summed E-state index contributed by atoms with van der Waals surface area (Å²) in [6.45, 7) is 0. The van der Waals surface area contributed by atoms with Crippen molar-refractivity contribution < 1.29 is 18.0 Å². The standard InChI is InChI=1S/C23H21N5O4S2/c29-21(13-12-17-15-24-28(16-17)18-7-2-1-3-8-18)25-26-23(30)19-9-4-5-10-20(19)27-34(31,32)22-11-6-14-33-22/h1-11,14-16,27H,12-13H2,(H,25,29)(H,26,30). The summed E-state index contributed by atoms with van der Waals surface area (Å²) in [7, 11) is -3.82. The second kappa shape index (κ2) is 10.3. The Kier molecular flexibility index (Phi) is 7.04. The smallest absolute Gasteiger partial charge is 0.271 e. The second-order valence-corrected chi connectivity index (χ2v) is 10.1. The molecule has 0 saturated carbocycles. The molecule has 34 heavy (non-hydrogen) atoms. The lowest BCUT2D eigenvalue weighted by Crippen LogP contribution is -2.42. The van der Waals surface area contributed by atoms with Crippen LogP contribution in [0, 0.1) is 0 Å². The maximum atomic E-state index is 12.6. The van der Waals surface area contributed by atoms with Gasteiger partial charge in [0, 0.05) is 12.6 Å². The lowest BCUT2D eigenvalue weighted by atomic mass is 10.2. The molecule has 0 fully saturated rings. The zero-order valence-electron chi connectivity index (χ0n) is 17.8. The molecule has 4 rings (SSSR count). The third-order valence-corrected chi connectivity index (χ3v) is 7.55. The molecule has 2 aromatic heterocycles. The van der Waals surface area contributed by atoms with Crippen LogP contribution in [0.3, 0.4) is 0 Å². The van der Waals surface area contributed by atoms with Crippen LogP contribution in [0.25, 0.3) is 5.69 Å². The molecule has 3 N–H and O–H groups in total. The molecule has 0 unspecified atom stereocenters. The number of amides is 2. The Morgan fingerprint density at radius 1 is 0.941 bits per heavy atom. The van der Waals surface area contributed by atoms with Crippen LogP contribution in [0.4, 0.5) is 5.69 Å². The number of hydrogen-bond donors (Lipinski definition) is 3. The highest BCUT2D eigenvalue weighted by Gasteiger charge is 2.19. The van der Waals surface area contributed by atoms with Gasteiger partial charge in [-0.1, -0.05) is 36.4 Å². The number of nitrogens with zero attached hydrogens (tertiary/aromatic N) is 2. The normalized spacial score (nSPS) is 11.1. The summed E-state index contributed by atoms with van der Waals surface area (Å²) < 4.78 is 29.3. The zero-order chi connectivity index (χ0) is 24.0. The number of carbonyl (C=O) groups excluding carboxylic acids is 2. The minimum absolute atomic E-state index is 0.0760. The van der Waals surface area contributed by atoms with Gasteiger partial charge in [0.25, 0.3) is 15.9 Å². The molecule has 9 nitrogen and oxygen atoms in total. The van der Waals surface area contributed by atoms with Gasteiger partial charge in [-0.15, -0.1) is 11.3 Å². The van der Waals surface area contributed by atoms with Crippen LogP contribution in [0.2, 0.25) is 0 Å². The van der Waals surface area contributed by atoms with E-state index in [1.807, 2.05) is 36.5 Å². The zero-order valence-corrected chi connectivity index (χ0v) is 19.5. The van der Waals surface area contributed by atoms with E-state index in [0.29, 0.717) is 6.42 Å². The van der Waals surface area contributed by atoms with Gasteiger partial charge in [-0.25, -0.2) is 13.1 Å². The van der Waals surface area contributed by atoms with E-state index in [1.54, 1.807) is 34.5 Å². The molecule has 0 aliphatic heterocycles. The van der Waals surface area contributed by atoms with E-state index >= 15 is 0 Å². The summed E-state index contributed by atoms with van der Waals surface area (Å²) in [5, 5.41) is 5.94. The molecule has 0 aliphatic carbocycles. The molecule has 2 heterocycles. The molecule has 4 aromatic rings. The van der Waals surface area contributed by atoms with Crippen molar-refractivity contribution in [1.82, 2.24) is 20.6 Å². The van der Waals surface area contributed by atoms with E-state index in [9.17, 15) is 18.0 Å². The Hall–Kier alpha value is -3.96. The minimum atomic E-state index is -3.82. The monoisotopic (exact) mass is 495 g/mol. The summed E-state index contributed by atoms with van der Waals surface area (Å²) in [6, 6.07) is 18.9. The molecule has 11 heteroatoms. The maximum Gasteiger partial charge on any atom is 0.271 e. The molecule has 2 amide bonds. The van der Waals surface area contributed by atoms with Gasteiger partial charge < -0.3 is 0 Å². The number of hydrogen-bond acceptors (Lipinski definition) is 6. The van der Waals surface area contributed by atoms with Crippen LogP contribution in [-0.4, -0.2) is 30.0 Å². The number of aromatic nitrogens is 2. The Bertz CT molecular complexity index is 1380.